The predicted octanol–water partition coefficient (Wildman–Crippen LogP) is 5.53. The van der Waals surface area contributed by atoms with Gasteiger partial charge in [0.2, 0.25) is 0 Å². The Kier molecular flexibility index (Phi) is 5.64. The molecule has 0 bridgehead atoms. The summed E-state index contributed by atoms with van der Waals surface area (Å²) in [4.78, 5) is 23.6. The summed E-state index contributed by atoms with van der Waals surface area (Å²) in [5, 5.41) is 1.46. The summed E-state index contributed by atoms with van der Waals surface area (Å²) in [7, 11) is 0. The predicted molar refractivity (Wildman–Crippen MR) is 136 cm³/mol. The summed E-state index contributed by atoms with van der Waals surface area (Å²) in [5.41, 5.74) is 5.24. The van der Waals surface area contributed by atoms with Gasteiger partial charge >= 0.3 is 0 Å². The number of morpholine rings is 1. The highest BCUT2D eigenvalue weighted by atomic mass is 16.5. The van der Waals surface area contributed by atoms with Crippen LogP contribution in [0, 0.1) is 13.5 Å². The maximum Gasteiger partial charge on any atom is 0.264 e. The third-order valence-corrected chi connectivity index (χ3v) is 6.33. The number of rotatable bonds is 3. The molecule has 0 N–H and O–H groups in total. The van der Waals surface area contributed by atoms with Crippen LogP contribution in [-0.2, 0) is 4.74 Å². The first-order chi connectivity index (χ1) is 16.4. The first-order valence-corrected chi connectivity index (χ1v) is 11.4. The second-order valence-corrected chi connectivity index (χ2v) is 8.93. The Labute approximate surface area is 198 Å². The van der Waals surface area contributed by atoms with E-state index in [0.717, 1.165) is 46.5 Å². The number of benzene rings is 2. The number of hydrogen-bond acceptors (Lipinski definition) is 4. The van der Waals surface area contributed by atoms with Crippen molar-refractivity contribution in [3.8, 4) is 16.8 Å². The Morgan fingerprint density at radius 3 is 2.26 bits per heavy atom. The van der Waals surface area contributed by atoms with E-state index in [-0.39, 0.29) is 17.8 Å². The molecule has 1 saturated heterocycles. The van der Waals surface area contributed by atoms with Gasteiger partial charge in [-0.2, -0.15) is 0 Å². The molecule has 1 aliphatic rings. The fraction of sp³-hybridized carbons (Fsp3) is 0.250. The van der Waals surface area contributed by atoms with Gasteiger partial charge in [0, 0.05) is 54.0 Å². The van der Waals surface area contributed by atoms with Gasteiger partial charge in [0.15, 0.2) is 5.69 Å². The van der Waals surface area contributed by atoms with Crippen LogP contribution in [-0.4, -0.2) is 34.8 Å². The first kappa shape index (κ1) is 21.9. The van der Waals surface area contributed by atoms with Crippen molar-refractivity contribution < 1.29 is 4.74 Å². The monoisotopic (exact) mass is 450 g/mol. The highest BCUT2D eigenvalue weighted by Gasteiger charge is 2.22. The van der Waals surface area contributed by atoms with E-state index in [9.17, 15) is 4.79 Å². The maximum atomic E-state index is 13.5. The molecule has 0 spiro atoms. The molecule has 34 heavy (non-hydrogen) atoms. The summed E-state index contributed by atoms with van der Waals surface area (Å²) in [6.07, 6.45) is 5.70. The van der Waals surface area contributed by atoms with Gasteiger partial charge in [0.1, 0.15) is 0 Å². The number of pyridine rings is 2. The summed E-state index contributed by atoms with van der Waals surface area (Å²) >= 11 is 0. The van der Waals surface area contributed by atoms with E-state index >= 15 is 0 Å². The highest BCUT2D eigenvalue weighted by molar-refractivity contribution is 5.97. The molecule has 0 radical (unpaired) electrons. The highest BCUT2D eigenvalue weighted by Crippen LogP contribution is 2.30. The zero-order valence-corrected chi connectivity index (χ0v) is 19.5. The van der Waals surface area contributed by atoms with Crippen molar-refractivity contribution in [1.82, 2.24) is 9.55 Å². The Morgan fingerprint density at radius 2 is 1.62 bits per heavy atom. The number of fused-ring (bicyclic) bond motifs is 1. The Bertz CT molecular complexity index is 1440. The second-order valence-electron chi connectivity index (χ2n) is 8.93. The van der Waals surface area contributed by atoms with Crippen LogP contribution in [0.15, 0.2) is 71.9 Å². The van der Waals surface area contributed by atoms with Gasteiger partial charge in [-0.05, 0) is 56.2 Å². The van der Waals surface area contributed by atoms with Crippen molar-refractivity contribution in [3.63, 3.8) is 0 Å². The molecule has 2 aromatic carbocycles. The third kappa shape index (κ3) is 3.95. The zero-order chi connectivity index (χ0) is 23.8. The molecule has 0 saturated carbocycles. The van der Waals surface area contributed by atoms with Gasteiger partial charge < -0.3 is 9.64 Å². The van der Waals surface area contributed by atoms with Crippen LogP contribution in [0.2, 0.25) is 0 Å². The average Bonchev–Trinajstić information content (AvgIpc) is 2.85. The second kappa shape index (κ2) is 8.77. The van der Waals surface area contributed by atoms with E-state index in [2.05, 4.69) is 40.7 Å². The summed E-state index contributed by atoms with van der Waals surface area (Å²) in [6, 6.07) is 15.5. The third-order valence-electron chi connectivity index (χ3n) is 6.33. The van der Waals surface area contributed by atoms with E-state index in [1.807, 2.05) is 37.4 Å². The van der Waals surface area contributed by atoms with E-state index in [0.29, 0.717) is 11.1 Å². The zero-order valence-electron chi connectivity index (χ0n) is 19.5. The van der Waals surface area contributed by atoms with Gasteiger partial charge in [-0.25, -0.2) is 4.85 Å². The van der Waals surface area contributed by atoms with Crippen LogP contribution in [0.4, 0.5) is 11.4 Å². The number of anilines is 1. The molecule has 2 atom stereocenters. The maximum absolute atomic E-state index is 13.5. The van der Waals surface area contributed by atoms with Gasteiger partial charge in [-0.3, -0.25) is 14.3 Å². The molecule has 6 nitrogen and oxygen atoms in total. The molecule has 0 unspecified atom stereocenters. The standard InChI is InChI=1S/C28H26N4O2/c1-18-15-32(24-11-9-23(10-12-24)31-16-19(2)34-20(3)17-31)28(33)26-14-30-13-25(27(18)26)21-5-7-22(29-4)8-6-21/h5-15,19-20H,16-17H2,1-3H3/t19-,20+. The molecule has 1 aliphatic heterocycles. The number of nitrogens with zero attached hydrogens (tertiary/aromatic N) is 4. The van der Waals surface area contributed by atoms with E-state index in [4.69, 9.17) is 11.3 Å². The molecule has 3 heterocycles. The van der Waals surface area contributed by atoms with E-state index in [1.54, 1.807) is 29.1 Å². The SMILES string of the molecule is [C-]#[N+]c1ccc(-c2cncc3c(=O)n(-c4ccc(N5C[C@@H](C)O[C@@H](C)C5)cc4)cc(C)c23)cc1. The lowest BCUT2D eigenvalue weighted by atomic mass is 9.98. The molecule has 6 heteroatoms. The van der Waals surface area contributed by atoms with Gasteiger partial charge in [-0.15, -0.1) is 0 Å². The average molecular weight is 451 g/mol. The Hall–Kier alpha value is -3.95. The minimum absolute atomic E-state index is 0.103. The number of aryl methyl sites for hydroxylation is 1. The molecule has 5 rings (SSSR count). The minimum atomic E-state index is -0.103. The van der Waals surface area contributed by atoms with Gasteiger partial charge in [0.25, 0.3) is 5.56 Å². The molecule has 0 amide bonds. The summed E-state index contributed by atoms with van der Waals surface area (Å²) in [5.74, 6) is 0. The lowest BCUT2D eigenvalue weighted by Gasteiger charge is -2.36. The molecule has 0 aliphatic carbocycles. The fourth-order valence-corrected chi connectivity index (χ4v) is 4.83. The quantitative estimate of drug-likeness (QED) is 0.386. The van der Waals surface area contributed by atoms with Crippen molar-refractivity contribution in [2.45, 2.75) is 33.0 Å². The van der Waals surface area contributed by atoms with Crippen LogP contribution < -0.4 is 10.5 Å². The lowest BCUT2D eigenvalue weighted by molar-refractivity contribution is -0.00521. The molecular formula is C28H26N4O2. The van der Waals surface area contributed by atoms with Crippen molar-refractivity contribution >= 4 is 22.1 Å². The Balaban J connectivity index is 1.55. The molecule has 1 fully saturated rings. The minimum Gasteiger partial charge on any atom is -0.372 e. The van der Waals surface area contributed by atoms with Crippen molar-refractivity contribution in [2.24, 2.45) is 0 Å². The molecule has 4 aromatic rings. The molecular weight excluding hydrogens is 424 g/mol. The van der Waals surface area contributed by atoms with Gasteiger partial charge in [0.05, 0.1) is 24.2 Å². The number of ether oxygens (including phenoxy) is 1. The van der Waals surface area contributed by atoms with Crippen LogP contribution in [0.1, 0.15) is 19.4 Å². The fourth-order valence-electron chi connectivity index (χ4n) is 4.83. The first-order valence-electron chi connectivity index (χ1n) is 11.4. The molecule has 170 valence electrons. The normalized spacial score (nSPS) is 18.1. The van der Waals surface area contributed by atoms with Crippen molar-refractivity contribution in [1.29, 1.82) is 0 Å². The summed E-state index contributed by atoms with van der Waals surface area (Å²) in [6.45, 7) is 15.1. The smallest absolute Gasteiger partial charge is 0.264 e. The van der Waals surface area contributed by atoms with Crippen molar-refractivity contribution in [3.05, 3.63) is 94.5 Å². The van der Waals surface area contributed by atoms with Crippen LogP contribution >= 0.6 is 0 Å². The van der Waals surface area contributed by atoms with Gasteiger partial charge in [-0.1, -0.05) is 24.3 Å². The lowest BCUT2D eigenvalue weighted by Crippen LogP contribution is -2.45. The van der Waals surface area contributed by atoms with Crippen LogP contribution in [0.5, 0.6) is 0 Å². The van der Waals surface area contributed by atoms with Crippen LogP contribution in [0.25, 0.3) is 32.4 Å². The number of hydrogen-bond donors (Lipinski definition) is 0. The molecule has 2 aromatic heterocycles. The van der Waals surface area contributed by atoms with Crippen molar-refractivity contribution in [2.75, 3.05) is 18.0 Å². The van der Waals surface area contributed by atoms with E-state index < -0.39 is 0 Å². The Morgan fingerprint density at radius 1 is 0.971 bits per heavy atom. The largest absolute Gasteiger partial charge is 0.372 e. The summed E-state index contributed by atoms with van der Waals surface area (Å²) < 4.78 is 7.54. The van der Waals surface area contributed by atoms with E-state index in [1.165, 1.54) is 0 Å². The van der Waals surface area contributed by atoms with Crippen LogP contribution in [0.3, 0.4) is 0 Å². The number of aromatic nitrogens is 2. The topological polar surface area (TPSA) is 51.7 Å².